The molecule has 0 aliphatic carbocycles. The van der Waals surface area contributed by atoms with Crippen molar-refractivity contribution in [1.29, 1.82) is 0 Å². The van der Waals surface area contributed by atoms with Crippen molar-refractivity contribution >= 4 is 40.0 Å². The van der Waals surface area contributed by atoms with E-state index in [0.29, 0.717) is 51.0 Å². The number of aromatic nitrogens is 2. The van der Waals surface area contributed by atoms with Crippen LogP contribution in [0, 0.1) is 0 Å². The lowest BCUT2D eigenvalue weighted by atomic mass is 10.00. The first-order valence-corrected chi connectivity index (χ1v) is 12.1. The van der Waals surface area contributed by atoms with Gasteiger partial charge in [-0.15, -0.1) is 0 Å². The van der Waals surface area contributed by atoms with Crippen molar-refractivity contribution in [3.05, 3.63) is 82.1 Å². The van der Waals surface area contributed by atoms with E-state index in [1.54, 1.807) is 30.5 Å². The van der Waals surface area contributed by atoms with Gasteiger partial charge in [0.05, 0.1) is 24.4 Å². The number of carbonyl (C=O) groups is 1. The van der Waals surface area contributed by atoms with Crippen LogP contribution in [0.25, 0.3) is 22.2 Å². The van der Waals surface area contributed by atoms with E-state index in [1.807, 2.05) is 38.1 Å². The summed E-state index contributed by atoms with van der Waals surface area (Å²) in [6, 6.07) is 14.6. The maximum Gasteiger partial charge on any atom is 0.257 e. The summed E-state index contributed by atoms with van der Waals surface area (Å²) >= 11 is 12.5. The molecule has 2 aromatic heterocycles. The van der Waals surface area contributed by atoms with Crippen molar-refractivity contribution < 1.29 is 14.3 Å². The molecule has 0 spiro atoms. The highest BCUT2D eigenvalue weighted by molar-refractivity contribution is 6.35. The van der Waals surface area contributed by atoms with Crippen LogP contribution in [0.2, 0.25) is 10.0 Å². The van der Waals surface area contributed by atoms with Crippen LogP contribution in [0.3, 0.4) is 0 Å². The summed E-state index contributed by atoms with van der Waals surface area (Å²) in [6.45, 7) is 4.37. The van der Waals surface area contributed by atoms with Crippen molar-refractivity contribution in [2.24, 2.45) is 0 Å². The van der Waals surface area contributed by atoms with E-state index in [-0.39, 0.29) is 18.1 Å². The number of para-hydroxylation sites is 1. The summed E-state index contributed by atoms with van der Waals surface area (Å²) in [4.78, 5) is 22.6. The van der Waals surface area contributed by atoms with Gasteiger partial charge in [0.15, 0.2) is 0 Å². The number of nitrogens with one attached hydrogen (secondary N) is 1. The third-order valence-electron chi connectivity index (χ3n) is 5.73. The van der Waals surface area contributed by atoms with Crippen LogP contribution in [0.5, 0.6) is 11.5 Å². The molecule has 178 valence electrons. The normalized spacial score (nSPS) is 14.9. The lowest BCUT2D eigenvalue weighted by Crippen LogP contribution is -2.32. The number of hydrogen-bond donors (Lipinski definition) is 1. The highest BCUT2D eigenvalue weighted by atomic mass is 35.5. The van der Waals surface area contributed by atoms with E-state index in [9.17, 15) is 4.79 Å². The van der Waals surface area contributed by atoms with E-state index >= 15 is 0 Å². The Hall–Kier alpha value is -3.35. The molecule has 0 radical (unpaired) electrons. The van der Waals surface area contributed by atoms with Crippen LogP contribution in [0.1, 0.15) is 42.2 Å². The molecule has 1 aliphatic rings. The zero-order valence-electron chi connectivity index (χ0n) is 19.2. The van der Waals surface area contributed by atoms with E-state index in [4.69, 9.17) is 32.7 Å². The lowest BCUT2D eigenvalue weighted by Gasteiger charge is -2.27. The van der Waals surface area contributed by atoms with Gasteiger partial charge >= 0.3 is 0 Å². The monoisotopic (exact) mass is 507 g/mol. The molecule has 35 heavy (non-hydrogen) atoms. The highest BCUT2D eigenvalue weighted by Gasteiger charge is 2.26. The zero-order chi connectivity index (χ0) is 24.5. The van der Waals surface area contributed by atoms with Gasteiger partial charge in [0.2, 0.25) is 0 Å². The molecule has 0 unspecified atom stereocenters. The van der Waals surface area contributed by atoms with Crippen LogP contribution < -0.4 is 14.8 Å². The Balaban J connectivity index is 1.58. The predicted octanol–water partition coefficient (Wildman–Crippen LogP) is 6.64. The van der Waals surface area contributed by atoms with Crippen LogP contribution in [0.15, 0.2) is 60.9 Å². The van der Waals surface area contributed by atoms with Gasteiger partial charge in [0.25, 0.3) is 5.91 Å². The Morgan fingerprint density at radius 3 is 2.66 bits per heavy atom. The van der Waals surface area contributed by atoms with E-state index in [1.165, 1.54) is 6.20 Å². The fourth-order valence-electron chi connectivity index (χ4n) is 4.25. The molecule has 3 heterocycles. The number of nitrogens with zero attached hydrogens (tertiary/aromatic N) is 2. The van der Waals surface area contributed by atoms with E-state index < -0.39 is 0 Å². The Bertz CT molecular complexity index is 1400. The van der Waals surface area contributed by atoms with Gasteiger partial charge in [0.1, 0.15) is 22.6 Å². The summed E-state index contributed by atoms with van der Waals surface area (Å²) in [5.74, 6) is 0.982. The third-order valence-corrected chi connectivity index (χ3v) is 6.17. The fraction of sp³-hybridized carbons (Fsp3) is 0.222. The number of halogens is 2. The van der Waals surface area contributed by atoms with Gasteiger partial charge in [0, 0.05) is 45.4 Å². The van der Waals surface area contributed by atoms with Gasteiger partial charge in [-0.3, -0.25) is 14.8 Å². The minimum absolute atomic E-state index is 0.159. The number of pyridine rings is 2. The molecule has 0 fully saturated rings. The second kappa shape index (κ2) is 9.72. The zero-order valence-corrected chi connectivity index (χ0v) is 20.7. The van der Waals surface area contributed by atoms with Crippen LogP contribution >= 0.6 is 23.2 Å². The average molecular weight is 508 g/mol. The first kappa shape index (κ1) is 23.4. The van der Waals surface area contributed by atoms with Crippen LogP contribution in [-0.4, -0.2) is 28.6 Å². The smallest absolute Gasteiger partial charge is 0.257 e. The second-order valence-electron chi connectivity index (χ2n) is 8.58. The molecular formula is C27H23Cl2N3O3. The Labute approximate surface area is 213 Å². The minimum Gasteiger partial charge on any atom is -0.493 e. The van der Waals surface area contributed by atoms with Crippen molar-refractivity contribution in [3.8, 4) is 22.8 Å². The van der Waals surface area contributed by atoms with Crippen molar-refractivity contribution in [3.63, 3.8) is 0 Å². The number of fused-ring (bicyclic) bond motifs is 2. The summed E-state index contributed by atoms with van der Waals surface area (Å²) in [5.41, 5.74) is 3.24. The molecular weight excluding hydrogens is 485 g/mol. The van der Waals surface area contributed by atoms with Gasteiger partial charge in [-0.25, -0.2) is 0 Å². The summed E-state index contributed by atoms with van der Waals surface area (Å²) in [7, 11) is 0. The van der Waals surface area contributed by atoms with E-state index in [0.717, 1.165) is 16.9 Å². The highest BCUT2D eigenvalue weighted by Crippen LogP contribution is 2.37. The van der Waals surface area contributed by atoms with E-state index in [2.05, 4.69) is 15.3 Å². The number of rotatable bonds is 5. The predicted molar refractivity (Wildman–Crippen MR) is 138 cm³/mol. The number of hydrogen-bond acceptors (Lipinski definition) is 5. The summed E-state index contributed by atoms with van der Waals surface area (Å²) in [6.07, 6.45) is 3.72. The number of amides is 1. The third kappa shape index (κ3) is 4.77. The van der Waals surface area contributed by atoms with Gasteiger partial charge in [-0.05, 0) is 44.2 Å². The average Bonchev–Trinajstić information content (AvgIpc) is 2.83. The molecule has 1 amide bonds. The van der Waals surface area contributed by atoms with Crippen LogP contribution in [0.4, 0.5) is 0 Å². The Morgan fingerprint density at radius 2 is 1.89 bits per heavy atom. The molecule has 6 nitrogen and oxygen atoms in total. The first-order chi connectivity index (χ1) is 16.9. The number of ether oxygens (including phenoxy) is 2. The molecule has 1 aliphatic heterocycles. The summed E-state index contributed by atoms with van der Waals surface area (Å²) < 4.78 is 11.9. The lowest BCUT2D eigenvalue weighted by molar-refractivity contribution is 0.0919. The minimum atomic E-state index is -0.263. The van der Waals surface area contributed by atoms with Crippen molar-refractivity contribution in [2.75, 3.05) is 6.61 Å². The Morgan fingerprint density at radius 1 is 1.11 bits per heavy atom. The maximum absolute atomic E-state index is 13.5. The number of benzene rings is 2. The maximum atomic E-state index is 13.5. The fourth-order valence-corrected chi connectivity index (χ4v) is 4.78. The largest absolute Gasteiger partial charge is 0.493 e. The molecule has 0 saturated heterocycles. The quantitative estimate of drug-likeness (QED) is 0.327. The van der Waals surface area contributed by atoms with Gasteiger partial charge in [-0.1, -0.05) is 41.4 Å². The molecule has 0 bridgehead atoms. The number of carbonyl (C=O) groups excluding carboxylic acids is 1. The molecule has 5 rings (SSSR count). The summed E-state index contributed by atoms with van der Waals surface area (Å²) in [5, 5.41) is 4.82. The van der Waals surface area contributed by atoms with Gasteiger partial charge in [-0.2, -0.15) is 0 Å². The second-order valence-corrected chi connectivity index (χ2v) is 9.46. The first-order valence-electron chi connectivity index (χ1n) is 11.3. The van der Waals surface area contributed by atoms with Crippen molar-refractivity contribution in [1.82, 2.24) is 15.3 Å². The molecule has 0 saturated carbocycles. The Kier molecular flexibility index (Phi) is 6.50. The van der Waals surface area contributed by atoms with Crippen molar-refractivity contribution in [2.45, 2.75) is 32.4 Å². The molecule has 1 N–H and O–H groups in total. The molecule has 1 atom stereocenters. The standard InChI is InChI=1S/C27H23Cl2N3O3/c1-15(2)35-26-20-7-9-30-24(16-11-17(28)13-18(29)12-16)25(20)31-14-21(26)27(33)32-22-8-10-34-23-6-4-3-5-19(22)23/h3-7,9,11-15,22H,8,10H2,1-2H3,(H,32,33)/t22-/m0/s1. The van der Waals surface area contributed by atoms with Gasteiger partial charge < -0.3 is 14.8 Å². The van der Waals surface area contributed by atoms with Crippen LogP contribution in [-0.2, 0) is 0 Å². The topological polar surface area (TPSA) is 73.3 Å². The molecule has 8 heteroatoms. The molecule has 4 aromatic rings. The SMILES string of the molecule is CC(C)Oc1c(C(=O)N[C@H]2CCOc3ccccc32)cnc2c(-c3cc(Cl)cc(Cl)c3)nccc12. The molecule has 2 aromatic carbocycles.